The van der Waals surface area contributed by atoms with E-state index in [0.29, 0.717) is 12.6 Å². The van der Waals surface area contributed by atoms with Gasteiger partial charge in [0, 0.05) is 6.04 Å². The maximum atomic E-state index is 5.93. The van der Waals surface area contributed by atoms with Gasteiger partial charge in [0.05, 0.1) is 6.04 Å². The van der Waals surface area contributed by atoms with Crippen molar-refractivity contribution in [1.82, 2.24) is 5.32 Å². The van der Waals surface area contributed by atoms with E-state index in [1.807, 2.05) is 30.3 Å². The average Bonchev–Trinajstić information content (AvgIpc) is 2.46. The van der Waals surface area contributed by atoms with Crippen LogP contribution in [-0.4, -0.2) is 12.6 Å². The number of benzene rings is 2. The van der Waals surface area contributed by atoms with Crippen LogP contribution in [0.25, 0.3) is 0 Å². The van der Waals surface area contributed by atoms with E-state index in [1.165, 1.54) is 16.7 Å². The first kappa shape index (κ1) is 13.2. The minimum Gasteiger partial charge on any atom is -0.492 e. The van der Waals surface area contributed by atoms with Crippen LogP contribution in [0.2, 0.25) is 0 Å². The van der Waals surface area contributed by atoms with E-state index in [4.69, 9.17) is 4.74 Å². The van der Waals surface area contributed by atoms with E-state index in [1.54, 1.807) is 0 Å². The van der Waals surface area contributed by atoms with Crippen LogP contribution >= 0.6 is 0 Å². The van der Waals surface area contributed by atoms with E-state index in [0.717, 1.165) is 12.2 Å². The van der Waals surface area contributed by atoms with Crippen molar-refractivity contribution in [3.05, 3.63) is 65.2 Å². The lowest BCUT2D eigenvalue weighted by molar-refractivity contribution is 0.247. The van der Waals surface area contributed by atoms with Gasteiger partial charge in [0.25, 0.3) is 0 Å². The largest absolute Gasteiger partial charge is 0.492 e. The molecule has 1 heterocycles. The lowest BCUT2D eigenvalue weighted by Gasteiger charge is -2.31. The highest BCUT2D eigenvalue weighted by Gasteiger charge is 2.24. The van der Waals surface area contributed by atoms with Crippen molar-refractivity contribution >= 4 is 0 Å². The first-order valence-corrected chi connectivity index (χ1v) is 7.25. The molecule has 1 aliphatic rings. The van der Waals surface area contributed by atoms with E-state index in [2.05, 4.69) is 37.4 Å². The molecule has 20 heavy (non-hydrogen) atoms. The fraction of sp³-hybridized carbons (Fsp3) is 0.333. The van der Waals surface area contributed by atoms with E-state index >= 15 is 0 Å². The number of fused-ring (bicyclic) bond motifs is 1. The third kappa shape index (κ3) is 2.86. The maximum Gasteiger partial charge on any atom is 0.119 e. The average molecular weight is 267 g/mol. The van der Waals surface area contributed by atoms with Crippen molar-refractivity contribution in [3.63, 3.8) is 0 Å². The van der Waals surface area contributed by atoms with Crippen molar-refractivity contribution in [3.8, 4) is 5.75 Å². The van der Waals surface area contributed by atoms with Gasteiger partial charge in [-0.3, -0.25) is 0 Å². The normalized spacial score (nSPS) is 21.3. The Morgan fingerprint density at radius 2 is 1.95 bits per heavy atom. The van der Waals surface area contributed by atoms with Crippen LogP contribution in [0.5, 0.6) is 5.75 Å². The fourth-order valence-corrected chi connectivity index (χ4v) is 2.88. The molecular formula is C18H21NO. The van der Waals surface area contributed by atoms with Crippen molar-refractivity contribution in [2.75, 3.05) is 6.61 Å². The summed E-state index contributed by atoms with van der Waals surface area (Å²) in [7, 11) is 0. The Kier molecular flexibility index (Phi) is 3.75. The number of hydrogen-bond donors (Lipinski definition) is 1. The minimum atomic E-state index is 0.272. The number of rotatable bonds is 3. The molecular weight excluding hydrogens is 246 g/mol. The number of ether oxygens (including phenoxy) is 1. The van der Waals surface area contributed by atoms with Gasteiger partial charge >= 0.3 is 0 Å². The molecule has 0 fully saturated rings. The Bertz CT molecular complexity index is 579. The molecule has 2 aromatic carbocycles. The van der Waals surface area contributed by atoms with Gasteiger partial charge in [0.2, 0.25) is 0 Å². The van der Waals surface area contributed by atoms with Crippen LogP contribution in [-0.2, 0) is 6.42 Å². The number of nitrogens with one attached hydrogen (secondary N) is 1. The molecule has 1 aliphatic heterocycles. The summed E-state index contributed by atoms with van der Waals surface area (Å²) in [5.41, 5.74) is 4.15. The minimum absolute atomic E-state index is 0.272. The third-order valence-corrected chi connectivity index (χ3v) is 3.85. The SMILES string of the molecule is Cc1ccc2c(c1)C(COc1ccccc1)NC(C)C2. The second-order valence-corrected chi connectivity index (χ2v) is 5.65. The summed E-state index contributed by atoms with van der Waals surface area (Å²) in [5, 5.41) is 3.64. The van der Waals surface area contributed by atoms with Gasteiger partial charge in [-0.05, 0) is 43.5 Å². The fourth-order valence-electron chi connectivity index (χ4n) is 2.88. The zero-order valence-corrected chi connectivity index (χ0v) is 12.1. The van der Waals surface area contributed by atoms with Crippen LogP contribution in [0.15, 0.2) is 48.5 Å². The maximum absolute atomic E-state index is 5.93. The summed E-state index contributed by atoms with van der Waals surface area (Å²) in [6.07, 6.45) is 1.09. The summed E-state index contributed by atoms with van der Waals surface area (Å²) in [6, 6.07) is 17.5. The smallest absolute Gasteiger partial charge is 0.119 e. The summed E-state index contributed by atoms with van der Waals surface area (Å²) in [4.78, 5) is 0. The van der Waals surface area contributed by atoms with Crippen molar-refractivity contribution in [2.24, 2.45) is 0 Å². The predicted octanol–water partition coefficient (Wildman–Crippen LogP) is 3.65. The summed E-state index contributed by atoms with van der Waals surface area (Å²) in [5.74, 6) is 0.932. The highest BCUT2D eigenvalue weighted by atomic mass is 16.5. The first-order valence-electron chi connectivity index (χ1n) is 7.25. The molecule has 2 heteroatoms. The van der Waals surface area contributed by atoms with Gasteiger partial charge in [0.1, 0.15) is 12.4 Å². The highest BCUT2D eigenvalue weighted by molar-refractivity contribution is 5.37. The molecule has 0 radical (unpaired) electrons. The molecule has 0 saturated carbocycles. The molecule has 0 saturated heterocycles. The van der Waals surface area contributed by atoms with Crippen LogP contribution < -0.4 is 10.1 Å². The number of hydrogen-bond acceptors (Lipinski definition) is 2. The molecule has 0 spiro atoms. The molecule has 3 rings (SSSR count). The van der Waals surface area contributed by atoms with Crippen molar-refractivity contribution < 1.29 is 4.74 Å². The molecule has 2 unspecified atom stereocenters. The van der Waals surface area contributed by atoms with Gasteiger partial charge < -0.3 is 10.1 Å². The Hall–Kier alpha value is -1.80. The first-order chi connectivity index (χ1) is 9.72. The Balaban J connectivity index is 1.78. The van der Waals surface area contributed by atoms with Crippen LogP contribution in [0, 0.1) is 6.92 Å². The molecule has 0 bridgehead atoms. The lowest BCUT2D eigenvalue weighted by atomic mass is 9.90. The van der Waals surface area contributed by atoms with Gasteiger partial charge in [-0.15, -0.1) is 0 Å². The summed E-state index contributed by atoms with van der Waals surface area (Å²) in [6.45, 7) is 5.05. The topological polar surface area (TPSA) is 21.3 Å². The second kappa shape index (κ2) is 5.68. The van der Waals surface area contributed by atoms with Gasteiger partial charge in [-0.2, -0.15) is 0 Å². The van der Waals surface area contributed by atoms with Crippen LogP contribution in [0.3, 0.4) is 0 Å². The van der Waals surface area contributed by atoms with Crippen molar-refractivity contribution in [1.29, 1.82) is 0 Å². The molecule has 2 nitrogen and oxygen atoms in total. The standard InChI is InChI=1S/C18H21NO/c1-13-8-9-15-11-14(2)19-18(17(15)10-13)12-20-16-6-4-3-5-7-16/h3-10,14,18-19H,11-12H2,1-2H3. The molecule has 2 aromatic rings. The molecule has 1 N–H and O–H groups in total. The summed E-state index contributed by atoms with van der Waals surface area (Å²) < 4.78 is 5.93. The zero-order chi connectivity index (χ0) is 13.9. The monoisotopic (exact) mass is 267 g/mol. The van der Waals surface area contributed by atoms with Gasteiger partial charge in [-0.25, -0.2) is 0 Å². The molecule has 104 valence electrons. The third-order valence-electron chi connectivity index (χ3n) is 3.85. The Morgan fingerprint density at radius 3 is 2.75 bits per heavy atom. The quantitative estimate of drug-likeness (QED) is 0.916. The van der Waals surface area contributed by atoms with Gasteiger partial charge in [0.15, 0.2) is 0 Å². The number of para-hydroxylation sites is 1. The Labute approximate surface area is 120 Å². The van der Waals surface area contributed by atoms with E-state index in [-0.39, 0.29) is 6.04 Å². The second-order valence-electron chi connectivity index (χ2n) is 5.65. The summed E-state index contributed by atoms with van der Waals surface area (Å²) >= 11 is 0. The van der Waals surface area contributed by atoms with Gasteiger partial charge in [-0.1, -0.05) is 42.0 Å². The predicted molar refractivity (Wildman–Crippen MR) is 82.2 cm³/mol. The lowest BCUT2D eigenvalue weighted by Crippen LogP contribution is -2.40. The van der Waals surface area contributed by atoms with E-state index in [9.17, 15) is 0 Å². The zero-order valence-electron chi connectivity index (χ0n) is 12.1. The highest BCUT2D eigenvalue weighted by Crippen LogP contribution is 2.27. The molecule has 2 atom stereocenters. The van der Waals surface area contributed by atoms with Crippen molar-refractivity contribution in [2.45, 2.75) is 32.4 Å². The number of aryl methyl sites for hydroxylation is 1. The molecule has 0 aromatic heterocycles. The molecule has 0 amide bonds. The van der Waals surface area contributed by atoms with E-state index < -0.39 is 0 Å². The Morgan fingerprint density at radius 1 is 1.15 bits per heavy atom. The van der Waals surface area contributed by atoms with Crippen LogP contribution in [0.4, 0.5) is 0 Å². The molecule has 0 aliphatic carbocycles. The van der Waals surface area contributed by atoms with Crippen LogP contribution in [0.1, 0.15) is 29.7 Å².